The van der Waals surface area contributed by atoms with Gasteiger partial charge in [-0.3, -0.25) is 14.5 Å². The van der Waals surface area contributed by atoms with E-state index in [1.54, 1.807) is 23.3 Å². The van der Waals surface area contributed by atoms with E-state index in [0.29, 0.717) is 37.6 Å². The number of amides is 4. The van der Waals surface area contributed by atoms with Gasteiger partial charge in [0.05, 0.1) is 13.7 Å². The molecule has 1 saturated carbocycles. The van der Waals surface area contributed by atoms with Crippen molar-refractivity contribution in [1.82, 2.24) is 15.1 Å². The number of imide groups is 1. The van der Waals surface area contributed by atoms with E-state index in [9.17, 15) is 14.4 Å². The maximum atomic E-state index is 13.5. The van der Waals surface area contributed by atoms with Crippen molar-refractivity contribution < 1.29 is 19.1 Å². The van der Waals surface area contributed by atoms with Crippen LogP contribution in [-0.2, 0) is 22.7 Å². The van der Waals surface area contributed by atoms with Crippen LogP contribution in [0.3, 0.4) is 0 Å². The molecule has 2 unspecified atom stereocenters. The highest BCUT2D eigenvalue weighted by atomic mass is 32.1. The fourth-order valence-electron chi connectivity index (χ4n) is 5.75. The predicted molar refractivity (Wildman–Crippen MR) is 131 cm³/mol. The average molecular weight is 484 g/mol. The van der Waals surface area contributed by atoms with Gasteiger partial charge in [0.15, 0.2) is 0 Å². The molecule has 2 fully saturated rings. The van der Waals surface area contributed by atoms with Crippen LogP contribution in [-0.4, -0.2) is 46.8 Å². The minimum absolute atomic E-state index is 0.0598. The Bertz CT molecular complexity index is 1070. The van der Waals surface area contributed by atoms with Crippen molar-refractivity contribution >= 4 is 29.2 Å². The fourth-order valence-corrected chi connectivity index (χ4v) is 6.47. The number of rotatable bonds is 7. The SMILES string of the molecule is COc1ccccc1CN(Cc1cccs1)C(=O)CN1C(=O)NC2(CC(C)CC(C)(C)C2)C1=O. The van der Waals surface area contributed by atoms with Crippen molar-refractivity contribution in [2.45, 2.75) is 58.7 Å². The molecule has 1 aromatic carbocycles. The Morgan fingerprint density at radius 2 is 1.94 bits per heavy atom. The summed E-state index contributed by atoms with van der Waals surface area (Å²) in [5.74, 6) is 0.449. The summed E-state index contributed by atoms with van der Waals surface area (Å²) >= 11 is 1.57. The van der Waals surface area contributed by atoms with Gasteiger partial charge < -0.3 is 15.0 Å². The van der Waals surface area contributed by atoms with Crippen molar-refractivity contribution in [3.8, 4) is 5.75 Å². The van der Waals surface area contributed by atoms with E-state index < -0.39 is 11.6 Å². The molecule has 2 heterocycles. The van der Waals surface area contributed by atoms with Gasteiger partial charge in [0.1, 0.15) is 17.8 Å². The van der Waals surface area contributed by atoms with Crippen molar-refractivity contribution in [2.24, 2.45) is 11.3 Å². The van der Waals surface area contributed by atoms with Crippen LogP contribution in [0, 0.1) is 11.3 Å². The van der Waals surface area contributed by atoms with E-state index in [2.05, 4.69) is 26.1 Å². The van der Waals surface area contributed by atoms with Crippen LogP contribution in [0.2, 0.25) is 0 Å². The van der Waals surface area contributed by atoms with Crippen LogP contribution in [0.15, 0.2) is 41.8 Å². The smallest absolute Gasteiger partial charge is 0.325 e. The number of ether oxygens (including phenoxy) is 1. The van der Waals surface area contributed by atoms with Crippen molar-refractivity contribution in [2.75, 3.05) is 13.7 Å². The Labute approximate surface area is 205 Å². The van der Waals surface area contributed by atoms with Gasteiger partial charge in [-0.05, 0) is 48.1 Å². The van der Waals surface area contributed by atoms with Gasteiger partial charge >= 0.3 is 6.03 Å². The molecule has 7 nitrogen and oxygen atoms in total. The zero-order valence-corrected chi connectivity index (χ0v) is 21.1. The molecule has 1 aromatic heterocycles. The van der Waals surface area contributed by atoms with Gasteiger partial charge in [-0.25, -0.2) is 4.79 Å². The molecule has 2 aromatic rings. The number of carbonyl (C=O) groups is 3. The van der Waals surface area contributed by atoms with Crippen LogP contribution < -0.4 is 10.1 Å². The van der Waals surface area contributed by atoms with E-state index >= 15 is 0 Å². The molecule has 1 saturated heterocycles. The number of para-hydroxylation sites is 1. The number of nitrogens with zero attached hydrogens (tertiary/aromatic N) is 2. The Balaban J connectivity index is 1.55. The van der Waals surface area contributed by atoms with E-state index in [1.165, 1.54) is 0 Å². The molecule has 0 radical (unpaired) electrons. The largest absolute Gasteiger partial charge is 0.496 e. The molecule has 1 spiro atoms. The third kappa shape index (κ3) is 4.97. The first-order valence-corrected chi connectivity index (χ1v) is 12.6. The summed E-state index contributed by atoms with van der Waals surface area (Å²) in [7, 11) is 1.60. The molecule has 182 valence electrons. The summed E-state index contributed by atoms with van der Waals surface area (Å²) in [4.78, 5) is 43.8. The molecular formula is C26H33N3O4S. The molecule has 8 heteroatoms. The summed E-state index contributed by atoms with van der Waals surface area (Å²) in [5.41, 5.74) is -0.110. The standard InChI is InChI=1S/C26H33N3O4S/c1-18-12-25(2,3)17-26(13-18)23(31)29(24(32)27-26)16-22(30)28(15-20-9-7-11-34-20)14-19-8-5-6-10-21(19)33-4/h5-11,18H,12-17H2,1-4H3,(H,27,32). The molecule has 4 amide bonds. The van der Waals surface area contributed by atoms with Crippen molar-refractivity contribution in [3.63, 3.8) is 0 Å². The number of urea groups is 1. The molecule has 1 aliphatic carbocycles. The Morgan fingerprint density at radius 3 is 2.62 bits per heavy atom. The third-order valence-electron chi connectivity index (χ3n) is 6.75. The van der Waals surface area contributed by atoms with E-state index in [-0.39, 0.29) is 23.8 Å². The quantitative estimate of drug-likeness (QED) is 0.591. The van der Waals surface area contributed by atoms with Gasteiger partial charge in [0, 0.05) is 17.0 Å². The van der Waals surface area contributed by atoms with Crippen LogP contribution in [0.25, 0.3) is 0 Å². The van der Waals surface area contributed by atoms with Crippen LogP contribution >= 0.6 is 11.3 Å². The topological polar surface area (TPSA) is 79.0 Å². The Morgan fingerprint density at radius 1 is 1.18 bits per heavy atom. The van der Waals surface area contributed by atoms with Crippen LogP contribution in [0.1, 0.15) is 50.5 Å². The fraction of sp³-hybridized carbons (Fsp3) is 0.500. The van der Waals surface area contributed by atoms with E-state index in [0.717, 1.165) is 21.8 Å². The van der Waals surface area contributed by atoms with Gasteiger partial charge in [-0.15, -0.1) is 11.3 Å². The maximum absolute atomic E-state index is 13.5. The summed E-state index contributed by atoms with van der Waals surface area (Å²) in [5, 5.41) is 4.93. The number of hydrogen-bond donors (Lipinski definition) is 1. The number of hydrogen-bond acceptors (Lipinski definition) is 5. The molecule has 34 heavy (non-hydrogen) atoms. The summed E-state index contributed by atoms with van der Waals surface area (Å²) in [6.45, 7) is 6.82. The van der Waals surface area contributed by atoms with Gasteiger partial charge in [-0.1, -0.05) is 45.0 Å². The number of nitrogens with one attached hydrogen (secondary N) is 1. The number of carbonyl (C=O) groups excluding carboxylic acids is 3. The minimum atomic E-state index is -0.917. The normalized spacial score (nSPS) is 23.8. The lowest BCUT2D eigenvalue weighted by Crippen LogP contribution is -2.54. The number of thiophene rings is 1. The summed E-state index contributed by atoms with van der Waals surface area (Å²) in [6.07, 6.45) is 2.19. The molecular weight excluding hydrogens is 450 g/mol. The molecule has 2 atom stereocenters. The Kier molecular flexibility index (Phi) is 6.71. The van der Waals surface area contributed by atoms with Crippen LogP contribution in [0.4, 0.5) is 4.79 Å². The first kappa shape index (κ1) is 24.3. The molecule has 4 rings (SSSR count). The van der Waals surface area contributed by atoms with Crippen molar-refractivity contribution in [1.29, 1.82) is 0 Å². The second-order valence-electron chi connectivity index (χ2n) is 10.4. The first-order valence-electron chi connectivity index (χ1n) is 11.7. The van der Waals surface area contributed by atoms with E-state index in [1.807, 2.05) is 41.8 Å². The number of benzene rings is 1. The van der Waals surface area contributed by atoms with Crippen molar-refractivity contribution in [3.05, 3.63) is 52.2 Å². The molecule has 1 aliphatic heterocycles. The zero-order valence-electron chi connectivity index (χ0n) is 20.3. The van der Waals surface area contributed by atoms with Gasteiger partial charge in [0.25, 0.3) is 5.91 Å². The third-order valence-corrected chi connectivity index (χ3v) is 7.61. The van der Waals surface area contributed by atoms with Gasteiger partial charge in [-0.2, -0.15) is 0 Å². The van der Waals surface area contributed by atoms with E-state index in [4.69, 9.17) is 4.74 Å². The lowest BCUT2D eigenvalue weighted by atomic mass is 9.64. The molecule has 0 bridgehead atoms. The average Bonchev–Trinajstić information content (AvgIpc) is 3.34. The highest BCUT2D eigenvalue weighted by Gasteiger charge is 2.56. The summed E-state index contributed by atoms with van der Waals surface area (Å²) < 4.78 is 5.47. The predicted octanol–water partition coefficient (Wildman–Crippen LogP) is 4.42. The minimum Gasteiger partial charge on any atom is -0.496 e. The second-order valence-corrected chi connectivity index (χ2v) is 11.4. The lowest BCUT2D eigenvalue weighted by Gasteiger charge is -2.43. The second kappa shape index (κ2) is 9.41. The maximum Gasteiger partial charge on any atom is 0.325 e. The van der Waals surface area contributed by atoms with Crippen LogP contribution in [0.5, 0.6) is 5.75 Å². The zero-order chi connectivity index (χ0) is 24.5. The highest BCUT2D eigenvalue weighted by Crippen LogP contribution is 2.46. The highest BCUT2D eigenvalue weighted by molar-refractivity contribution is 7.09. The monoisotopic (exact) mass is 483 g/mol. The lowest BCUT2D eigenvalue weighted by molar-refractivity contribution is -0.141. The summed E-state index contributed by atoms with van der Waals surface area (Å²) in [6, 6.07) is 11.0. The molecule has 2 aliphatic rings. The van der Waals surface area contributed by atoms with Gasteiger partial charge in [0.2, 0.25) is 5.91 Å². The first-order chi connectivity index (χ1) is 16.1. The molecule has 1 N–H and O–H groups in total. The number of methoxy groups -OCH3 is 1. The Hall–Kier alpha value is -2.87.